The average molecular weight is 382 g/mol. The summed E-state index contributed by atoms with van der Waals surface area (Å²) in [6, 6.07) is 11.4. The Balaban J connectivity index is 1.60. The maximum absolute atomic E-state index is 12.5. The van der Waals surface area contributed by atoms with Gasteiger partial charge in [-0.15, -0.1) is 11.3 Å². The van der Waals surface area contributed by atoms with Crippen LogP contribution >= 0.6 is 23.6 Å². The van der Waals surface area contributed by atoms with Gasteiger partial charge in [0.05, 0.1) is 0 Å². The van der Waals surface area contributed by atoms with E-state index in [-0.39, 0.29) is 0 Å². The minimum Gasteiger partial charge on any atom is -0.346 e. The lowest BCUT2D eigenvalue weighted by Gasteiger charge is -2.35. The molecular weight excluding hydrogens is 362 g/mol. The minimum absolute atomic E-state index is 0.399. The van der Waals surface area contributed by atoms with Gasteiger partial charge in [-0.25, -0.2) is 8.42 Å². The summed E-state index contributed by atoms with van der Waals surface area (Å²) in [5.74, 6) is 0. The molecule has 5 nitrogen and oxygen atoms in total. The molecule has 24 heavy (non-hydrogen) atoms. The van der Waals surface area contributed by atoms with Crippen LogP contribution in [0, 0.1) is 6.92 Å². The van der Waals surface area contributed by atoms with Crippen LogP contribution in [-0.2, 0) is 10.0 Å². The van der Waals surface area contributed by atoms with Crippen molar-refractivity contribution in [3.8, 4) is 0 Å². The summed E-state index contributed by atoms with van der Waals surface area (Å²) in [6.45, 7) is 4.08. The number of hydrogen-bond donors (Lipinski definition) is 1. The van der Waals surface area contributed by atoms with Crippen LogP contribution in [0.2, 0.25) is 0 Å². The first-order chi connectivity index (χ1) is 11.5. The molecule has 0 bridgehead atoms. The smallest absolute Gasteiger partial charge is 0.252 e. The molecule has 0 amide bonds. The summed E-state index contributed by atoms with van der Waals surface area (Å²) < 4.78 is 27.0. The highest BCUT2D eigenvalue weighted by molar-refractivity contribution is 7.91. The molecule has 0 saturated carbocycles. The molecular formula is C16H19N3O2S3. The molecule has 1 saturated heterocycles. The third kappa shape index (κ3) is 3.77. The molecule has 1 N–H and O–H groups in total. The van der Waals surface area contributed by atoms with Gasteiger partial charge in [0.1, 0.15) is 4.21 Å². The van der Waals surface area contributed by atoms with E-state index in [2.05, 4.69) is 5.32 Å². The molecule has 0 spiro atoms. The van der Waals surface area contributed by atoms with E-state index in [9.17, 15) is 8.42 Å². The molecule has 0 radical (unpaired) electrons. The highest BCUT2D eigenvalue weighted by Crippen LogP contribution is 2.22. The van der Waals surface area contributed by atoms with Gasteiger partial charge in [-0.05, 0) is 48.3 Å². The van der Waals surface area contributed by atoms with Crippen molar-refractivity contribution in [3.05, 3.63) is 47.3 Å². The summed E-state index contributed by atoms with van der Waals surface area (Å²) in [7, 11) is -3.37. The second-order valence-electron chi connectivity index (χ2n) is 5.62. The molecule has 1 aromatic carbocycles. The van der Waals surface area contributed by atoms with Crippen LogP contribution in [0.3, 0.4) is 0 Å². The van der Waals surface area contributed by atoms with Gasteiger partial charge in [-0.1, -0.05) is 18.2 Å². The van der Waals surface area contributed by atoms with Crippen LogP contribution in [0.5, 0.6) is 0 Å². The largest absolute Gasteiger partial charge is 0.346 e. The number of sulfonamides is 1. The maximum atomic E-state index is 12.5. The van der Waals surface area contributed by atoms with Crippen molar-refractivity contribution in [1.82, 2.24) is 9.21 Å². The van der Waals surface area contributed by atoms with Gasteiger partial charge in [0.25, 0.3) is 10.0 Å². The Labute approximate surface area is 152 Å². The Kier molecular flexibility index (Phi) is 5.19. The molecule has 1 fully saturated rings. The number of anilines is 1. The topological polar surface area (TPSA) is 52.6 Å². The van der Waals surface area contributed by atoms with Gasteiger partial charge in [0.2, 0.25) is 0 Å². The van der Waals surface area contributed by atoms with Gasteiger partial charge < -0.3 is 10.2 Å². The van der Waals surface area contributed by atoms with Crippen molar-refractivity contribution in [1.29, 1.82) is 0 Å². The normalized spacial score (nSPS) is 16.1. The molecule has 3 rings (SSSR count). The zero-order chi connectivity index (χ0) is 17.2. The molecule has 1 aliphatic rings. The van der Waals surface area contributed by atoms with E-state index in [1.54, 1.807) is 17.5 Å². The SMILES string of the molecule is Cc1cccc(NC(=S)N2CCN(S(=O)(=O)c3cccs3)CC2)c1. The monoisotopic (exact) mass is 381 g/mol. The summed E-state index contributed by atoms with van der Waals surface area (Å²) in [4.78, 5) is 2.01. The zero-order valence-electron chi connectivity index (χ0n) is 13.3. The second kappa shape index (κ2) is 7.18. The molecule has 1 aromatic heterocycles. The highest BCUT2D eigenvalue weighted by atomic mass is 32.2. The van der Waals surface area contributed by atoms with E-state index in [0.717, 1.165) is 11.3 Å². The van der Waals surface area contributed by atoms with E-state index in [1.807, 2.05) is 36.1 Å². The Morgan fingerprint density at radius 1 is 1.17 bits per heavy atom. The standard InChI is InChI=1S/C16H19N3O2S3/c1-13-4-2-5-14(12-13)17-16(22)18-7-9-19(10-8-18)24(20,21)15-6-3-11-23-15/h2-6,11-12H,7-10H2,1H3,(H,17,22). The number of rotatable bonds is 3. The molecule has 128 valence electrons. The number of piperazine rings is 1. The lowest BCUT2D eigenvalue weighted by atomic mass is 10.2. The van der Waals surface area contributed by atoms with Crippen LogP contribution in [0.25, 0.3) is 0 Å². The van der Waals surface area contributed by atoms with E-state index in [4.69, 9.17) is 12.2 Å². The fourth-order valence-electron chi connectivity index (χ4n) is 2.59. The lowest BCUT2D eigenvalue weighted by molar-refractivity contribution is 0.269. The fourth-order valence-corrected chi connectivity index (χ4v) is 5.46. The molecule has 0 atom stereocenters. The number of aryl methyl sites for hydroxylation is 1. The van der Waals surface area contributed by atoms with Crippen LogP contribution < -0.4 is 5.32 Å². The first-order valence-electron chi connectivity index (χ1n) is 7.63. The first-order valence-corrected chi connectivity index (χ1v) is 10.4. The van der Waals surface area contributed by atoms with E-state index < -0.39 is 10.0 Å². The number of hydrogen-bond acceptors (Lipinski definition) is 4. The van der Waals surface area contributed by atoms with Gasteiger partial charge >= 0.3 is 0 Å². The summed E-state index contributed by atoms with van der Waals surface area (Å²) in [6.07, 6.45) is 0. The van der Waals surface area contributed by atoms with Crippen molar-refractivity contribution in [2.24, 2.45) is 0 Å². The van der Waals surface area contributed by atoms with Crippen molar-refractivity contribution in [3.63, 3.8) is 0 Å². The van der Waals surface area contributed by atoms with E-state index >= 15 is 0 Å². The molecule has 0 aliphatic carbocycles. The third-order valence-corrected chi connectivity index (χ3v) is 7.52. The van der Waals surface area contributed by atoms with Gasteiger partial charge in [-0.2, -0.15) is 4.31 Å². The summed E-state index contributed by atoms with van der Waals surface area (Å²) in [5.41, 5.74) is 2.11. The zero-order valence-corrected chi connectivity index (χ0v) is 15.8. The number of thiophene rings is 1. The lowest BCUT2D eigenvalue weighted by Crippen LogP contribution is -2.51. The quantitative estimate of drug-likeness (QED) is 0.829. The van der Waals surface area contributed by atoms with Gasteiger partial charge in [0, 0.05) is 31.9 Å². The van der Waals surface area contributed by atoms with Crippen LogP contribution in [0.15, 0.2) is 46.0 Å². The third-order valence-electron chi connectivity index (χ3n) is 3.88. The van der Waals surface area contributed by atoms with Crippen molar-refractivity contribution < 1.29 is 8.42 Å². The Morgan fingerprint density at radius 2 is 1.92 bits per heavy atom. The van der Waals surface area contributed by atoms with Crippen molar-refractivity contribution in [2.75, 3.05) is 31.5 Å². The summed E-state index contributed by atoms with van der Waals surface area (Å²) >= 11 is 6.71. The van der Waals surface area contributed by atoms with Gasteiger partial charge in [0.15, 0.2) is 5.11 Å². The van der Waals surface area contributed by atoms with Crippen LogP contribution in [0.1, 0.15) is 5.56 Å². The summed E-state index contributed by atoms with van der Waals surface area (Å²) in [5, 5.41) is 5.64. The number of nitrogens with one attached hydrogen (secondary N) is 1. The Bertz CT molecular complexity index is 811. The number of benzene rings is 1. The fraction of sp³-hybridized carbons (Fsp3) is 0.312. The first kappa shape index (κ1) is 17.3. The molecule has 8 heteroatoms. The predicted molar refractivity (Wildman–Crippen MR) is 102 cm³/mol. The van der Waals surface area contributed by atoms with Crippen molar-refractivity contribution >= 4 is 44.4 Å². The number of thiocarbonyl (C=S) groups is 1. The molecule has 2 aromatic rings. The second-order valence-corrected chi connectivity index (χ2v) is 9.12. The Morgan fingerprint density at radius 3 is 2.54 bits per heavy atom. The highest BCUT2D eigenvalue weighted by Gasteiger charge is 2.29. The van der Waals surface area contributed by atoms with Crippen molar-refractivity contribution in [2.45, 2.75) is 11.1 Å². The van der Waals surface area contributed by atoms with Gasteiger partial charge in [-0.3, -0.25) is 0 Å². The van der Waals surface area contributed by atoms with E-state index in [1.165, 1.54) is 15.6 Å². The Hall–Kier alpha value is -1.48. The minimum atomic E-state index is -3.37. The average Bonchev–Trinajstić information content (AvgIpc) is 3.10. The molecule has 1 aliphatic heterocycles. The van der Waals surface area contributed by atoms with Crippen LogP contribution in [-0.4, -0.2) is 48.9 Å². The predicted octanol–water partition coefficient (Wildman–Crippen LogP) is 2.76. The maximum Gasteiger partial charge on any atom is 0.252 e. The van der Waals surface area contributed by atoms with Crippen LogP contribution in [0.4, 0.5) is 5.69 Å². The number of nitrogens with zero attached hydrogens (tertiary/aromatic N) is 2. The molecule has 2 heterocycles. The molecule has 0 unspecified atom stereocenters. The van der Waals surface area contributed by atoms with E-state index in [0.29, 0.717) is 35.5 Å².